The van der Waals surface area contributed by atoms with E-state index in [2.05, 4.69) is 23.6 Å². The van der Waals surface area contributed by atoms with E-state index in [1.54, 1.807) is 6.07 Å². The fourth-order valence-electron chi connectivity index (χ4n) is 5.18. The second kappa shape index (κ2) is 10.1. The quantitative estimate of drug-likeness (QED) is 0.507. The predicted octanol–water partition coefficient (Wildman–Crippen LogP) is 2.39. The molecule has 9 nitrogen and oxygen atoms in total. The predicted molar refractivity (Wildman–Crippen MR) is 121 cm³/mol. The van der Waals surface area contributed by atoms with E-state index in [1.165, 1.54) is 12.1 Å². The van der Waals surface area contributed by atoms with Crippen molar-refractivity contribution in [3.05, 3.63) is 33.9 Å². The number of nitrogens with zero attached hydrogens (tertiary/aromatic N) is 4. The van der Waals surface area contributed by atoms with Crippen molar-refractivity contribution in [3.8, 4) is 0 Å². The lowest BCUT2D eigenvalue weighted by molar-refractivity contribution is -0.384. The van der Waals surface area contributed by atoms with E-state index < -0.39 is 4.92 Å². The van der Waals surface area contributed by atoms with Crippen LogP contribution in [0.15, 0.2) is 18.2 Å². The van der Waals surface area contributed by atoms with Gasteiger partial charge in [0.2, 0.25) is 0 Å². The Balaban J connectivity index is 1.42. The van der Waals surface area contributed by atoms with E-state index in [1.807, 2.05) is 4.90 Å². The van der Waals surface area contributed by atoms with Crippen molar-refractivity contribution in [1.29, 1.82) is 0 Å². The average Bonchev–Trinajstić information content (AvgIpc) is 2.78. The number of non-ortho nitro benzene ring substituents is 1. The molecule has 9 heteroatoms. The molecule has 3 heterocycles. The van der Waals surface area contributed by atoms with Crippen LogP contribution in [-0.2, 0) is 9.47 Å². The van der Waals surface area contributed by atoms with Crippen LogP contribution in [0.4, 0.5) is 11.4 Å². The molecule has 3 aliphatic heterocycles. The van der Waals surface area contributed by atoms with Crippen molar-refractivity contribution < 1.29 is 19.2 Å². The fourth-order valence-corrected chi connectivity index (χ4v) is 5.18. The Kier molecular flexibility index (Phi) is 7.27. The van der Waals surface area contributed by atoms with Gasteiger partial charge in [0.1, 0.15) is 0 Å². The smallest absolute Gasteiger partial charge is 0.270 e. The van der Waals surface area contributed by atoms with Gasteiger partial charge in [0, 0.05) is 57.9 Å². The maximum atomic E-state index is 13.4. The van der Waals surface area contributed by atoms with Crippen LogP contribution in [-0.4, -0.2) is 91.9 Å². The Morgan fingerprint density at radius 1 is 1.09 bits per heavy atom. The van der Waals surface area contributed by atoms with Crippen molar-refractivity contribution >= 4 is 17.3 Å². The molecule has 4 rings (SSSR count). The molecule has 1 aromatic carbocycles. The molecule has 0 aromatic heterocycles. The minimum atomic E-state index is -0.434. The van der Waals surface area contributed by atoms with Gasteiger partial charge in [-0.05, 0) is 38.7 Å². The van der Waals surface area contributed by atoms with Crippen molar-refractivity contribution in [3.63, 3.8) is 0 Å². The SMILES string of the molecule is CC1CN(CC2CCN(C(=O)c3cc([N+](=O)[O-])ccc3N3CCOCC3)CC2)CC(C)O1. The Morgan fingerprint density at radius 2 is 1.75 bits per heavy atom. The molecule has 3 fully saturated rings. The molecule has 1 aromatic rings. The topological polar surface area (TPSA) is 88.4 Å². The monoisotopic (exact) mass is 446 g/mol. The Hall–Kier alpha value is -2.23. The molecule has 0 N–H and O–H groups in total. The summed E-state index contributed by atoms with van der Waals surface area (Å²) in [4.78, 5) is 30.8. The Labute approximate surface area is 189 Å². The number of nitro groups is 1. The van der Waals surface area contributed by atoms with E-state index in [0.717, 1.165) is 38.2 Å². The highest BCUT2D eigenvalue weighted by Gasteiger charge is 2.30. The minimum absolute atomic E-state index is 0.0456. The number of morpholine rings is 2. The van der Waals surface area contributed by atoms with Crippen LogP contribution in [0.3, 0.4) is 0 Å². The Morgan fingerprint density at radius 3 is 2.38 bits per heavy atom. The molecule has 3 aliphatic rings. The summed E-state index contributed by atoms with van der Waals surface area (Å²) in [5.74, 6) is 0.447. The fraction of sp³-hybridized carbons (Fsp3) is 0.696. The van der Waals surface area contributed by atoms with Crippen LogP contribution < -0.4 is 4.90 Å². The average molecular weight is 447 g/mol. The lowest BCUT2D eigenvalue weighted by Gasteiger charge is -2.39. The normalized spacial score (nSPS) is 25.7. The number of amides is 1. The van der Waals surface area contributed by atoms with Crippen LogP contribution in [0.25, 0.3) is 0 Å². The molecule has 3 saturated heterocycles. The first kappa shape index (κ1) is 22.9. The lowest BCUT2D eigenvalue weighted by Crippen LogP contribution is -2.48. The summed E-state index contributed by atoms with van der Waals surface area (Å²) in [5.41, 5.74) is 1.15. The second-order valence-electron chi connectivity index (χ2n) is 9.27. The van der Waals surface area contributed by atoms with Gasteiger partial charge in [-0.1, -0.05) is 0 Å². The van der Waals surface area contributed by atoms with Crippen molar-refractivity contribution in [1.82, 2.24) is 9.80 Å². The third kappa shape index (κ3) is 5.39. The molecule has 2 atom stereocenters. The summed E-state index contributed by atoms with van der Waals surface area (Å²) in [5, 5.41) is 11.4. The lowest BCUT2D eigenvalue weighted by atomic mass is 9.95. The molecular weight excluding hydrogens is 412 g/mol. The zero-order valence-electron chi connectivity index (χ0n) is 19.1. The molecule has 0 saturated carbocycles. The second-order valence-corrected chi connectivity index (χ2v) is 9.27. The van der Waals surface area contributed by atoms with Crippen molar-refractivity contribution in [2.24, 2.45) is 5.92 Å². The van der Waals surface area contributed by atoms with E-state index in [9.17, 15) is 14.9 Å². The molecule has 176 valence electrons. The number of nitro benzene ring substituents is 1. The van der Waals surface area contributed by atoms with E-state index in [4.69, 9.17) is 9.47 Å². The molecule has 0 bridgehead atoms. The van der Waals surface area contributed by atoms with E-state index >= 15 is 0 Å². The highest BCUT2D eigenvalue weighted by atomic mass is 16.6. The van der Waals surface area contributed by atoms with Gasteiger partial charge in [-0.15, -0.1) is 0 Å². The van der Waals surface area contributed by atoms with E-state index in [-0.39, 0.29) is 23.8 Å². The summed E-state index contributed by atoms with van der Waals surface area (Å²) in [7, 11) is 0. The number of rotatable bonds is 5. The maximum absolute atomic E-state index is 13.4. The van der Waals surface area contributed by atoms with Gasteiger partial charge in [-0.25, -0.2) is 0 Å². The van der Waals surface area contributed by atoms with Gasteiger partial charge in [0.05, 0.1) is 41.6 Å². The van der Waals surface area contributed by atoms with Crippen molar-refractivity contribution in [2.75, 3.05) is 63.9 Å². The molecule has 0 radical (unpaired) electrons. The largest absolute Gasteiger partial charge is 0.378 e. The van der Waals surface area contributed by atoms with Crippen LogP contribution in [0, 0.1) is 16.0 Å². The molecule has 2 unspecified atom stereocenters. The number of carbonyl (C=O) groups excluding carboxylic acids is 1. The molecular formula is C23H34N4O5. The zero-order valence-corrected chi connectivity index (χ0v) is 19.1. The van der Waals surface area contributed by atoms with Gasteiger partial charge < -0.3 is 19.3 Å². The van der Waals surface area contributed by atoms with Gasteiger partial charge in [0.15, 0.2) is 0 Å². The number of benzene rings is 1. The number of anilines is 1. The highest BCUT2D eigenvalue weighted by Crippen LogP contribution is 2.29. The number of likely N-dealkylation sites (tertiary alicyclic amines) is 1. The van der Waals surface area contributed by atoms with Gasteiger partial charge >= 0.3 is 0 Å². The zero-order chi connectivity index (χ0) is 22.7. The van der Waals surface area contributed by atoms with Crippen molar-refractivity contribution in [2.45, 2.75) is 38.9 Å². The van der Waals surface area contributed by atoms with Gasteiger partial charge in [0.25, 0.3) is 11.6 Å². The summed E-state index contributed by atoms with van der Waals surface area (Å²) >= 11 is 0. The highest BCUT2D eigenvalue weighted by molar-refractivity contribution is 6.00. The van der Waals surface area contributed by atoms with Crippen LogP contribution in [0.1, 0.15) is 37.0 Å². The number of ether oxygens (including phenoxy) is 2. The van der Waals surface area contributed by atoms with Gasteiger partial charge in [-0.2, -0.15) is 0 Å². The third-order valence-corrected chi connectivity index (χ3v) is 6.69. The molecule has 0 aliphatic carbocycles. The standard InChI is InChI=1S/C23H34N4O5/c1-17-14-24(15-18(2)32-17)16-19-5-7-26(8-6-19)23(28)21-13-20(27(29)30)3-4-22(21)25-9-11-31-12-10-25/h3-4,13,17-19H,5-12,14-16H2,1-2H3. The number of hydrogen-bond donors (Lipinski definition) is 0. The number of hydrogen-bond acceptors (Lipinski definition) is 7. The number of piperidine rings is 1. The van der Waals surface area contributed by atoms with Crippen LogP contribution >= 0.6 is 0 Å². The molecule has 1 amide bonds. The maximum Gasteiger partial charge on any atom is 0.270 e. The number of carbonyl (C=O) groups is 1. The van der Waals surface area contributed by atoms with Crippen LogP contribution in [0.2, 0.25) is 0 Å². The first-order valence-electron chi connectivity index (χ1n) is 11.7. The summed E-state index contributed by atoms with van der Waals surface area (Å²) in [6, 6.07) is 4.64. The van der Waals surface area contributed by atoms with E-state index in [0.29, 0.717) is 50.9 Å². The molecule has 32 heavy (non-hydrogen) atoms. The van der Waals surface area contributed by atoms with Gasteiger partial charge in [-0.3, -0.25) is 19.8 Å². The first-order valence-corrected chi connectivity index (χ1v) is 11.7. The molecule has 0 spiro atoms. The first-order chi connectivity index (χ1) is 15.4. The van der Waals surface area contributed by atoms with Crippen LogP contribution in [0.5, 0.6) is 0 Å². The summed E-state index contributed by atoms with van der Waals surface area (Å²) in [6.07, 6.45) is 2.42. The summed E-state index contributed by atoms with van der Waals surface area (Å²) < 4.78 is 11.3. The minimum Gasteiger partial charge on any atom is -0.378 e. The third-order valence-electron chi connectivity index (χ3n) is 6.69. The Bertz CT molecular complexity index is 811. The summed E-state index contributed by atoms with van der Waals surface area (Å²) in [6.45, 7) is 11.1.